The van der Waals surface area contributed by atoms with Gasteiger partial charge in [0.05, 0.1) is 5.75 Å². The van der Waals surface area contributed by atoms with Gasteiger partial charge in [-0.05, 0) is 24.3 Å². The van der Waals surface area contributed by atoms with Crippen molar-refractivity contribution in [2.24, 2.45) is 0 Å². The highest BCUT2D eigenvalue weighted by atomic mass is 32.2. The Hall–Kier alpha value is -3.27. The van der Waals surface area contributed by atoms with E-state index < -0.39 is 0 Å². The van der Waals surface area contributed by atoms with Crippen LogP contribution in [0.1, 0.15) is 5.89 Å². The second kappa shape index (κ2) is 6.69. The van der Waals surface area contributed by atoms with Crippen molar-refractivity contribution in [1.29, 1.82) is 0 Å². The Morgan fingerprint density at radius 1 is 1.04 bits per heavy atom. The molecule has 4 aromatic heterocycles. The van der Waals surface area contributed by atoms with Crippen LogP contribution >= 0.6 is 11.8 Å². The summed E-state index contributed by atoms with van der Waals surface area (Å²) in [5.41, 5.74) is 7.21. The van der Waals surface area contributed by atoms with Gasteiger partial charge in [-0.2, -0.15) is 4.98 Å². The molecule has 0 fully saturated rings. The summed E-state index contributed by atoms with van der Waals surface area (Å²) in [6.07, 6.45) is 4.92. The number of aromatic nitrogens is 6. The van der Waals surface area contributed by atoms with Gasteiger partial charge in [-0.25, -0.2) is 4.98 Å². The third kappa shape index (κ3) is 3.48. The summed E-state index contributed by atoms with van der Waals surface area (Å²) in [4.78, 5) is 12.2. The molecule has 4 rings (SSSR count). The highest BCUT2D eigenvalue weighted by molar-refractivity contribution is 7.98. The Kier molecular flexibility index (Phi) is 4.09. The van der Waals surface area contributed by atoms with E-state index in [0.29, 0.717) is 34.4 Å². The van der Waals surface area contributed by atoms with Gasteiger partial charge in [-0.3, -0.25) is 4.98 Å². The normalized spacial score (nSPS) is 10.9. The largest absolute Gasteiger partial charge is 0.411 e. The number of thioether (sulfide) groups is 1. The zero-order chi connectivity index (χ0) is 17.1. The lowest BCUT2D eigenvalue weighted by Gasteiger charge is -1.94. The summed E-state index contributed by atoms with van der Waals surface area (Å²) < 4.78 is 10.8. The highest BCUT2D eigenvalue weighted by Crippen LogP contribution is 2.26. The lowest BCUT2D eigenvalue weighted by molar-refractivity contribution is 0.391. The minimum atomic E-state index is 0.396. The van der Waals surface area contributed by atoms with Gasteiger partial charge in [-0.1, -0.05) is 16.9 Å². The fourth-order valence-corrected chi connectivity index (χ4v) is 2.62. The van der Waals surface area contributed by atoms with Gasteiger partial charge in [0, 0.05) is 29.7 Å². The molecule has 0 saturated heterocycles. The summed E-state index contributed by atoms with van der Waals surface area (Å²) in [6, 6.07) is 7.04. The topological polar surface area (TPSA) is 130 Å². The predicted molar refractivity (Wildman–Crippen MR) is 89.0 cm³/mol. The van der Waals surface area contributed by atoms with Crippen LogP contribution in [0, 0.1) is 0 Å². The van der Waals surface area contributed by atoms with Crippen LogP contribution in [0.4, 0.5) is 5.82 Å². The molecular formula is C15H11N7O2S. The smallest absolute Gasteiger partial charge is 0.277 e. The zero-order valence-electron chi connectivity index (χ0n) is 12.7. The van der Waals surface area contributed by atoms with E-state index in [4.69, 9.17) is 14.7 Å². The lowest BCUT2D eigenvalue weighted by Crippen LogP contribution is -1.90. The number of pyridine rings is 2. The second-order valence-corrected chi connectivity index (χ2v) is 5.81. The molecule has 10 heteroatoms. The summed E-state index contributed by atoms with van der Waals surface area (Å²) in [5, 5.41) is 12.4. The second-order valence-electron chi connectivity index (χ2n) is 4.88. The average molecular weight is 353 g/mol. The third-order valence-electron chi connectivity index (χ3n) is 3.16. The maximum absolute atomic E-state index is 5.65. The van der Waals surface area contributed by atoms with Crippen molar-refractivity contribution in [3.05, 3.63) is 48.7 Å². The van der Waals surface area contributed by atoms with Crippen LogP contribution in [-0.4, -0.2) is 30.3 Å². The minimum absolute atomic E-state index is 0.396. The molecule has 0 aliphatic heterocycles. The van der Waals surface area contributed by atoms with Crippen LogP contribution in [0.5, 0.6) is 0 Å². The van der Waals surface area contributed by atoms with Crippen LogP contribution in [0.15, 0.2) is 57.0 Å². The number of hydrogen-bond acceptors (Lipinski definition) is 10. The zero-order valence-corrected chi connectivity index (χ0v) is 13.6. The van der Waals surface area contributed by atoms with Crippen molar-refractivity contribution in [3.63, 3.8) is 0 Å². The molecule has 0 saturated carbocycles. The minimum Gasteiger partial charge on any atom is -0.411 e. The molecule has 4 aromatic rings. The Bertz CT molecular complexity index is 986. The van der Waals surface area contributed by atoms with Gasteiger partial charge >= 0.3 is 0 Å². The van der Waals surface area contributed by atoms with E-state index in [2.05, 4.69) is 30.3 Å². The summed E-state index contributed by atoms with van der Waals surface area (Å²) in [6.45, 7) is 0. The molecule has 0 aliphatic carbocycles. The summed E-state index contributed by atoms with van der Waals surface area (Å²) in [5.74, 6) is 2.13. The first kappa shape index (κ1) is 15.3. The first-order valence-corrected chi connectivity index (χ1v) is 8.18. The number of hydrogen-bond donors (Lipinski definition) is 1. The molecule has 2 N–H and O–H groups in total. The molecule has 9 nitrogen and oxygen atoms in total. The van der Waals surface area contributed by atoms with E-state index in [0.717, 1.165) is 11.1 Å². The van der Waals surface area contributed by atoms with Crippen LogP contribution in [-0.2, 0) is 5.75 Å². The third-order valence-corrected chi connectivity index (χ3v) is 3.96. The first-order valence-electron chi connectivity index (χ1n) is 7.19. The molecule has 0 atom stereocenters. The molecule has 0 radical (unpaired) electrons. The van der Waals surface area contributed by atoms with Crippen LogP contribution in [0.2, 0.25) is 0 Å². The highest BCUT2D eigenvalue weighted by Gasteiger charge is 2.13. The van der Waals surface area contributed by atoms with Gasteiger partial charge < -0.3 is 14.7 Å². The fraction of sp³-hybridized carbons (Fsp3) is 0.0667. The van der Waals surface area contributed by atoms with Crippen molar-refractivity contribution < 1.29 is 8.94 Å². The molecule has 25 heavy (non-hydrogen) atoms. The Balaban J connectivity index is 1.43. The van der Waals surface area contributed by atoms with E-state index in [-0.39, 0.29) is 0 Å². The monoisotopic (exact) mass is 353 g/mol. The van der Waals surface area contributed by atoms with Crippen molar-refractivity contribution in [1.82, 2.24) is 30.3 Å². The predicted octanol–water partition coefficient (Wildman–Crippen LogP) is 2.45. The Labute approximate surface area is 145 Å². The van der Waals surface area contributed by atoms with Crippen molar-refractivity contribution in [2.45, 2.75) is 11.0 Å². The summed E-state index contributed by atoms with van der Waals surface area (Å²) in [7, 11) is 0. The molecule has 0 aromatic carbocycles. The molecule has 0 unspecified atom stereocenters. The number of anilines is 1. The number of rotatable bonds is 5. The van der Waals surface area contributed by atoms with E-state index in [1.165, 1.54) is 11.8 Å². The number of nitrogens with two attached hydrogens (primary N) is 1. The van der Waals surface area contributed by atoms with E-state index in [1.807, 2.05) is 0 Å². The van der Waals surface area contributed by atoms with Crippen LogP contribution in [0.25, 0.3) is 22.8 Å². The maximum atomic E-state index is 5.65. The number of nitrogen functional groups attached to an aromatic ring is 1. The average Bonchev–Trinajstić information content (AvgIpc) is 3.30. The molecule has 0 bridgehead atoms. The number of nitrogens with zero attached hydrogens (tertiary/aromatic N) is 6. The SMILES string of the molecule is Nc1cc(-c2noc(CSc3nnc(-c4ccncc4)o3)n2)ccn1. The van der Waals surface area contributed by atoms with Gasteiger partial charge in [0.25, 0.3) is 5.22 Å². The maximum Gasteiger partial charge on any atom is 0.277 e. The van der Waals surface area contributed by atoms with Crippen LogP contribution in [0.3, 0.4) is 0 Å². The van der Waals surface area contributed by atoms with E-state index in [1.54, 1.807) is 42.9 Å². The van der Waals surface area contributed by atoms with Crippen molar-refractivity contribution >= 4 is 17.6 Å². The van der Waals surface area contributed by atoms with Gasteiger partial charge in [0.15, 0.2) is 0 Å². The van der Waals surface area contributed by atoms with Crippen molar-refractivity contribution in [3.8, 4) is 22.8 Å². The van der Waals surface area contributed by atoms with E-state index >= 15 is 0 Å². The molecule has 4 heterocycles. The van der Waals surface area contributed by atoms with Crippen LogP contribution < -0.4 is 5.73 Å². The first-order chi connectivity index (χ1) is 12.3. The van der Waals surface area contributed by atoms with E-state index in [9.17, 15) is 0 Å². The van der Waals surface area contributed by atoms with Gasteiger partial charge in [0.1, 0.15) is 5.82 Å². The summed E-state index contributed by atoms with van der Waals surface area (Å²) >= 11 is 1.31. The van der Waals surface area contributed by atoms with Gasteiger partial charge in [-0.15, -0.1) is 10.2 Å². The quantitative estimate of drug-likeness (QED) is 0.534. The molecule has 0 aliphatic rings. The molecular weight excluding hydrogens is 342 g/mol. The molecule has 0 spiro atoms. The Morgan fingerprint density at radius 2 is 1.88 bits per heavy atom. The standard InChI is InChI=1S/C15H11N7O2S/c16-11-7-10(3-6-18-11)13-19-12(24-22-13)8-25-15-21-20-14(23-15)9-1-4-17-5-2-9/h1-7H,8H2,(H2,16,18). The fourth-order valence-electron chi connectivity index (χ4n) is 2.02. The van der Waals surface area contributed by atoms with Gasteiger partial charge in [0.2, 0.25) is 17.6 Å². The molecule has 124 valence electrons. The Morgan fingerprint density at radius 3 is 2.72 bits per heavy atom. The molecule has 0 amide bonds. The van der Waals surface area contributed by atoms with Crippen molar-refractivity contribution in [2.75, 3.05) is 5.73 Å². The lowest BCUT2D eigenvalue weighted by atomic mass is 10.2.